The van der Waals surface area contributed by atoms with E-state index in [9.17, 15) is 9.59 Å². The standard InChI is InChI=1S/C28H31BrN2O3/c1-21-10-16-25(17-11-21)34-18-6-9-27(32)31(20-23-12-14-24(29)15-13-23)26(28(33)30-2)19-22-7-4-3-5-8-22/h3-5,7-8,10-17,26H,6,9,18-20H2,1-2H3,(H,30,33). The molecule has 1 N–H and O–H groups in total. The number of benzene rings is 3. The van der Waals surface area contributed by atoms with Crippen LogP contribution in [0.5, 0.6) is 5.75 Å². The molecule has 0 aliphatic heterocycles. The van der Waals surface area contributed by atoms with Crippen molar-refractivity contribution >= 4 is 27.7 Å². The molecule has 0 aliphatic carbocycles. The molecule has 178 valence electrons. The number of hydrogen-bond acceptors (Lipinski definition) is 3. The minimum atomic E-state index is -0.610. The van der Waals surface area contributed by atoms with Gasteiger partial charge in [0.1, 0.15) is 11.8 Å². The normalized spacial score (nSPS) is 11.5. The van der Waals surface area contributed by atoms with Crippen LogP contribution in [0.4, 0.5) is 0 Å². The van der Waals surface area contributed by atoms with Gasteiger partial charge < -0.3 is 15.0 Å². The molecule has 3 aromatic carbocycles. The molecule has 3 aromatic rings. The second-order valence-corrected chi connectivity index (χ2v) is 9.15. The molecule has 0 spiro atoms. The Morgan fingerprint density at radius 3 is 2.26 bits per heavy atom. The molecule has 1 atom stereocenters. The lowest BCUT2D eigenvalue weighted by Crippen LogP contribution is -2.49. The molecule has 0 radical (unpaired) electrons. The van der Waals surface area contributed by atoms with E-state index >= 15 is 0 Å². The quantitative estimate of drug-likeness (QED) is 0.347. The lowest BCUT2D eigenvalue weighted by molar-refractivity contribution is -0.141. The van der Waals surface area contributed by atoms with E-state index < -0.39 is 6.04 Å². The van der Waals surface area contributed by atoms with Crippen LogP contribution in [0.3, 0.4) is 0 Å². The zero-order valence-electron chi connectivity index (χ0n) is 19.7. The van der Waals surface area contributed by atoms with Gasteiger partial charge in [-0.15, -0.1) is 0 Å². The number of nitrogens with zero attached hydrogens (tertiary/aromatic N) is 1. The summed E-state index contributed by atoms with van der Waals surface area (Å²) in [5, 5.41) is 2.74. The zero-order chi connectivity index (χ0) is 24.3. The second kappa shape index (κ2) is 12.9. The van der Waals surface area contributed by atoms with Gasteiger partial charge in [-0.1, -0.05) is 76.1 Å². The highest BCUT2D eigenvalue weighted by atomic mass is 79.9. The Hall–Kier alpha value is -3.12. The van der Waals surface area contributed by atoms with Gasteiger partial charge in [0.15, 0.2) is 0 Å². The predicted octanol–water partition coefficient (Wildman–Crippen LogP) is 5.30. The maximum atomic E-state index is 13.4. The van der Waals surface area contributed by atoms with E-state index in [1.807, 2.05) is 85.8 Å². The number of likely N-dealkylation sites (N-methyl/N-ethyl adjacent to an activating group) is 1. The Morgan fingerprint density at radius 1 is 0.941 bits per heavy atom. The summed E-state index contributed by atoms with van der Waals surface area (Å²) in [6.45, 7) is 2.82. The number of carbonyl (C=O) groups excluding carboxylic acids is 2. The topological polar surface area (TPSA) is 58.6 Å². The highest BCUT2D eigenvalue weighted by molar-refractivity contribution is 9.10. The van der Waals surface area contributed by atoms with Crippen molar-refractivity contribution in [2.24, 2.45) is 0 Å². The molecule has 1 unspecified atom stereocenters. The van der Waals surface area contributed by atoms with Crippen LogP contribution in [0.25, 0.3) is 0 Å². The van der Waals surface area contributed by atoms with Crippen molar-refractivity contribution in [3.63, 3.8) is 0 Å². The van der Waals surface area contributed by atoms with E-state index in [4.69, 9.17) is 4.74 Å². The summed E-state index contributed by atoms with van der Waals surface area (Å²) in [6, 6.07) is 24.9. The summed E-state index contributed by atoms with van der Waals surface area (Å²) >= 11 is 3.45. The molecule has 0 heterocycles. The number of rotatable bonds is 11. The lowest BCUT2D eigenvalue weighted by atomic mass is 10.0. The summed E-state index contributed by atoms with van der Waals surface area (Å²) in [6.07, 6.45) is 1.31. The number of halogens is 1. The molecule has 0 saturated heterocycles. The SMILES string of the molecule is CNC(=O)C(Cc1ccccc1)N(Cc1ccc(Br)cc1)C(=O)CCCOc1ccc(C)cc1. The van der Waals surface area contributed by atoms with Gasteiger partial charge in [-0.3, -0.25) is 9.59 Å². The molecule has 2 amide bonds. The molecular formula is C28H31BrN2O3. The molecular weight excluding hydrogens is 492 g/mol. The molecule has 0 fully saturated rings. The van der Waals surface area contributed by atoms with Crippen LogP contribution in [0, 0.1) is 6.92 Å². The molecule has 5 nitrogen and oxygen atoms in total. The monoisotopic (exact) mass is 522 g/mol. The molecule has 0 bridgehead atoms. The van der Waals surface area contributed by atoms with Gasteiger partial charge in [-0.2, -0.15) is 0 Å². The molecule has 0 aromatic heterocycles. The first-order valence-electron chi connectivity index (χ1n) is 11.4. The number of aryl methyl sites for hydroxylation is 1. The van der Waals surface area contributed by atoms with Crippen LogP contribution in [0.1, 0.15) is 29.5 Å². The van der Waals surface area contributed by atoms with Crippen LogP contribution in [-0.2, 0) is 22.6 Å². The van der Waals surface area contributed by atoms with Gasteiger partial charge >= 0.3 is 0 Å². The van der Waals surface area contributed by atoms with Gasteiger partial charge in [-0.05, 0) is 48.7 Å². The Labute approximate surface area is 210 Å². The Bertz CT molecular complexity index is 1050. The molecule has 6 heteroatoms. The first kappa shape index (κ1) is 25.5. The molecule has 34 heavy (non-hydrogen) atoms. The molecule has 0 saturated carbocycles. The van der Waals surface area contributed by atoms with Gasteiger partial charge in [-0.25, -0.2) is 0 Å². The predicted molar refractivity (Wildman–Crippen MR) is 139 cm³/mol. The van der Waals surface area contributed by atoms with Crippen molar-refractivity contribution in [1.29, 1.82) is 0 Å². The number of nitrogens with one attached hydrogen (secondary N) is 1. The number of ether oxygens (including phenoxy) is 1. The van der Waals surface area contributed by atoms with E-state index in [0.29, 0.717) is 32.4 Å². The minimum absolute atomic E-state index is 0.0695. The number of amides is 2. The average molecular weight is 523 g/mol. The van der Waals surface area contributed by atoms with E-state index in [2.05, 4.69) is 21.2 Å². The summed E-state index contributed by atoms with van der Waals surface area (Å²) < 4.78 is 6.76. The lowest BCUT2D eigenvalue weighted by Gasteiger charge is -2.31. The highest BCUT2D eigenvalue weighted by Gasteiger charge is 2.29. The number of carbonyl (C=O) groups is 2. The summed E-state index contributed by atoms with van der Waals surface area (Å²) in [5.41, 5.74) is 3.15. The summed E-state index contributed by atoms with van der Waals surface area (Å²) in [5.74, 6) is 0.544. The van der Waals surface area contributed by atoms with Crippen molar-refractivity contribution in [2.45, 2.75) is 38.8 Å². The smallest absolute Gasteiger partial charge is 0.242 e. The van der Waals surface area contributed by atoms with Crippen LogP contribution in [-0.4, -0.2) is 36.4 Å². The van der Waals surface area contributed by atoms with Crippen LogP contribution in [0.2, 0.25) is 0 Å². The third kappa shape index (κ3) is 7.73. The van der Waals surface area contributed by atoms with Crippen molar-refractivity contribution in [1.82, 2.24) is 10.2 Å². The Morgan fingerprint density at radius 2 is 1.62 bits per heavy atom. The maximum absolute atomic E-state index is 13.4. The number of hydrogen-bond donors (Lipinski definition) is 1. The van der Waals surface area contributed by atoms with E-state index in [-0.39, 0.29) is 11.8 Å². The Kier molecular flexibility index (Phi) is 9.71. The fraction of sp³-hybridized carbons (Fsp3) is 0.286. The second-order valence-electron chi connectivity index (χ2n) is 8.23. The van der Waals surface area contributed by atoms with Crippen LogP contribution >= 0.6 is 15.9 Å². The van der Waals surface area contributed by atoms with Crippen molar-refractivity contribution in [3.8, 4) is 5.75 Å². The fourth-order valence-corrected chi connectivity index (χ4v) is 3.96. The van der Waals surface area contributed by atoms with Crippen molar-refractivity contribution in [2.75, 3.05) is 13.7 Å². The summed E-state index contributed by atoms with van der Waals surface area (Å²) in [4.78, 5) is 28.0. The fourth-order valence-electron chi connectivity index (χ4n) is 3.70. The molecule has 3 rings (SSSR count). The van der Waals surface area contributed by atoms with E-state index in [1.165, 1.54) is 5.56 Å². The molecule has 0 aliphatic rings. The first-order chi connectivity index (χ1) is 16.5. The van der Waals surface area contributed by atoms with Crippen molar-refractivity contribution < 1.29 is 14.3 Å². The summed E-state index contributed by atoms with van der Waals surface area (Å²) in [7, 11) is 1.61. The third-order valence-electron chi connectivity index (χ3n) is 5.61. The van der Waals surface area contributed by atoms with Crippen molar-refractivity contribution in [3.05, 3.63) is 100 Å². The van der Waals surface area contributed by atoms with E-state index in [0.717, 1.165) is 21.3 Å². The largest absolute Gasteiger partial charge is 0.494 e. The van der Waals surface area contributed by atoms with Crippen LogP contribution < -0.4 is 10.1 Å². The highest BCUT2D eigenvalue weighted by Crippen LogP contribution is 2.18. The first-order valence-corrected chi connectivity index (χ1v) is 12.2. The van der Waals surface area contributed by atoms with E-state index in [1.54, 1.807) is 11.9 Å². The minimum Gasteiger partial charge on any atom is -0.494 e. The van der Waals surface area contributed by atoms with Crippen LogP contribution in [0.15, 0.2) is 83.3 Å². The zero-order valence-corrected chi connectivity index (χ0v) is 21.3. The maximum Gasteiger partial charge on any atom is 0.242 e. The van der Waals surface area contributed by atoms with Gasteiger partial charge in [0.25, 0.3) is 0 Å². The van der Waals surface area contributed by atoms with Gasteiger partial charge in [0, 0.05) is 30.9 Å². The Balaban J connectivity index is 1.73. The van der Waals surface area contributed by atoms with Gasteiger partial charge in [0.05, 0.1) is 6.61 Å². The third-order valence-corrected chi connectivity index (χ3v) is 6.14. The van der Waals surface area contributed by atoms with Gasteiger partial charge in [0.2, 0.25) is 11.8 Å². The average Bonchev–Trinajstić information content (AvgIpc) is 2.86.